The van der Waals surface area contributed by atoms with Gasteiger partial charge in [-0.15, -0.1) is 0 Å². The smallest absolute Gasteiger partial charge is 0.185 e. The molecule has 0 aliphatic rings. The highest BCUT2D eigenvalue weighted by atomic mass is 19.2. The number of rotatable bonds is 2. The van der Waals surface area contributed by atoms with Crippen molar-refractivity contribution in [1.29, 1.82) is 0 Å². The van der Waals surface area contributed by atoms with E-state index in [4.69, 9.17) is 0 Å². The minimum atomic E-state index is -1.23. The van der Waals surface area contributed by atoms with E-state index in [9.17, 15) is 13.2 Å². The van der Waals surface area contributed by atoms with Gasteiger partial charge in [0.25, 0.3) is 0 Å². The maximum atomic E-state index is 13.5. The second-order valence-corrected chi connectivity index (χ2v) is 3.73. The minimum Gasteiger partial charge on any atom is -0.370 e. The maximum absolute atomic E-state index is 13.5. The molecule has 0 radical (unpaired) electrons. The summed E-state index contributed by atoms with van der Waals surface area (Å²) in [5.41, 5.74) is 0.397. The Labute approximate surface area is 96.5 Å². The highest BCUT2D eigenvalue weighted by Crippen LogP contribution is 2.26. The summed E-state index contributed by atoms with van der Waals surface area (Å²) < 4.78 is 40.0. The van der Waals surface area contributed by atoms with Crippen molar-refractivity contribution in [3.63, 3.8) is 0 Å². The highest BCUT2D eigenvalue weighted by molar-refractivity contribution is 5.83. The zero-order chi connectivity index (χ0) is 12.6. The molecule has 0 spiro atoms. The largest absolute Gasteiger partial charge is 0.370 e. The fourth-order valence-corrected chi connectivity index (χ4v) is 1.67. The first-order valence-electron chi connectivity index (χ1n) is 5.23. The monoisotopic (exact) mass is 240 g/mol. The van der Waals surface area contributed by atoms with Gasteiger partial charge in [0.2, 0.25) is 0 Å². The molecule has 1 N–H and O–H groups in total. The average molecular weight is 240 g/mol. The zero-order valence-corrected chi connectivity index (χ0v) is 9.44. The number of nitrogens with zero attached hydrogens (tertiary/aromatic N) is 1. The van der Waals surface area contributed by atoms with Gasteiger partial charge in [-0.3, -0.25) is 0 Å². The molecule has 2 rings (SSSR count). The van der Waals surface area contributed by atoms with Gasteiger partial charge in [-0.2, -0.15) is 0 Å². The third-order valence-corrected chi connectivity index (χ3v) is 2.49. The Balaban J connectivity index is 2.79. The molecule has 0 unspecified atom stereocenters. The molecule has 0 atom stereocenters. The van der Waals surface area contributed by atoms with E-state index in [2.05, 4.69) is 10.3 Å². The number of hydrogen-bond acceptors (Lipinski definition) is 2. The number of benzene rings is 1. The second kappa shape index (κ2) is 4.24. The molecular weight excluding hydrogens is 229 g/mol. The van der Waals surface area contributed by atoms with Crippen molar-refractivity contribution in [3.8, 4) is 0 Å². The Morgan fingerprint density at radius 2 is 1.88 bits per heavy atom. The average Bonchev–Trinajstić information content (AvgIpc) is 2.28. The van der Waals surface area contributed by atoms with Crippen molar-refractivity contribution in [1.82, 2.24) is 4.98 Å². The van der Waals surface area contributed by atoms with E-state index < -0.39 is 17.5 Å². The van der Waals surface area contributed by atoms with Gasteiger partial charge in [0.15, 0.2) is 11.6 Å². The molecule has 0 aliphatic carbocycles. The van der Waals surface area contributed by atoms with Crippen LogP contribution in [0, 0.1) is 24.4 Å². The van der Waals surface area contributed by atoms with Crippen LogP contribution in [0.15, 0.2) is 12.1 Å². The summed E-state index contributed by atoms with van der Waals surface area (Å²) in [5, 5.41) is 2.90. The van der Waals surface area contributed by atoms with Crippen LogP contribution >= 0.6 is 0 Å². The molecule has 90 valence electrons. The molecule has 2 nitrogen and oxygen atoms in total. The molecule has 17 heavy (non-hydrogen) atoms. The van der Waals surface area contributed by atoms with E-state index in [0.29, 0.717) is 24.0 Å². The fourth-order valence-electron chi connectivity index (χ4n) is 1.67. The molecule has 0 aliphatic heterocycles. The summed E-state index contributed by atoms with van der Waals surface area (Å²) in [6.07, 6.45) is 0. The van der Waals surface area contributed by atoms with Crippen LogP contribution in [-0.4, -0.2) is 11.5 Å². The summed E-state index contributed by atoms with van der Waals surface area (Å²) in [6.45, 7) is 4.18. The van der Waals surface area contributed by atoms with Gasteiger partial charge in [0, 0.05) is 18.0 Å². The van der Waals surface area contributed by atoms with Crippen LogP contribution in [0.2, 0.25) is 0 Å². The predicted molar refractivity (Wildman–Crippen MR) is 60.5 cm³/mol. The molecule has 0 saturated carbocycles. The van der Waals surface area contributed by atoms with Crippen molar-refractivity contribution in [3.05, 3.63) is 35.1 Å². The van der Waals surface area contributed by atoms with E-state index in [1.807, 2.05) is 6.92 Å². The van der Waals surface area contributed by atoms with Crippen LogP contribution in [0.4, 0.5) is 19.0 Å². The third kappa shape index (κ3) is 1.92. The molecule has 0 fully saturated rings. The van der Waals surface area contributed by atoms with E-state index in [1.54, 1.807) is 6.92 Å². The van der Waals surface area contributed by atoms with E-state index >= 15 is 0 Å². The lowest BCUT2D eigenvalue weighted by molar-refractivity contribution is 0.504. The molecule has 0 saturated heterocycles. The van der Waals surface area contributed by atoms with Gasteiger partial charge < -0.3 is 5.32 Å². The van der Waals surface area contributed by atoms with Gasteiger partial charge in [-0.1, -0.05) is 0 Å². The van der Waals surface area contributed by atoms with Crippen LogP contribution in [0.1, 0.15) is 12.5 Å². The summed E-state index contributed by atoms with van der Waals surface area (Å²) in [7, 11) is 0. The molecule has 0 amide bonds. The van der Waals surface area contributed by atoms with Gasteiger partial charge in [0.1, 0.15) is 17.2 Å². The van der Waals surface area contributed by atoms with Crippen LogP contribution in [0.25, 0.3) is 10.9 Å². The van der Waals surface area contributed by atoms with Gasteiger partial charge in [-0.25, -0.2) is 18.2 Å². The molecule has 1 heterocycles. The van der Waals surface area contributed by atoms with Crippen molar-refractivity contribution >= 4 is 16.7 Å². The number of pyridine rings is 1. The highest BCUT2D eigenvalue weighted by Gasteiger charge is 2.15. The quantitative estimate of drug-likeness (QED) is 0.814. The van der Waals surface area contributed by atoms with Crippen LogP contribution in [0.3, 0.4) is 0 Å². The third-order valence-electron chi connectivity index (χ3n) is 2.49. The number of anilines is 1. The van der Waals surface area contributed by atoms with E-state index in [1.165, 1.54) is 6.07 Å². The van der Waals surface area contributed by atoms with Crippen LogP contribution < -0.4 is 5.32 Å². The van der Waals surface area contributed by atoms with Gasteiger partial charge >= 0.3 is 0 Å². The summed E-state index contributed by atoms with van der Waals surface area (Å²) in [5.74, 6) is -2.73. The van der Waals surface area contributed by atoms with Crippen LogP contribution in [0.5, 0.6) is 0 Å². The van der Waals surface area contributed by atoms with Gasteiger partial charge in [-0.05, 0) is 25.5 Å². The first-order valence-corrected chi connectivity index (χ1v) is 5.23. The van der Waals surface area contributed by atoms with Crippen molar-refractivity contribution < 1.29 is 13.2 Å². The second-order valence-electron chi connectivity index (χ2n) is 3.73. The molecule has 0 bridgehead atoms. The number of halogens is 3. The summed E-state index contributed by atoms with van der Waals surface area (Å²) in [4.78, 5) is 3.92. The first-order chi connectivity index (χ1) is 8.04. The van der Waals surface area contributed by atoms with Crippen molar-refractivity contribution in [2.24, 2.45) is 0 Å². The Kier molecular flexibility index (Phi) is 2.92. The summed E-state index contributed by atoms with van der Waals surface area (Å²) >= 11 is 0. The molecule has 5 heteroatoms. The predicted octanol–water partition coefficient (Wildman–Crippen LogP) is 3.39. The first kappa shape index (κ1) is 11.7. The summed E-state index contributed by atoms with van der Waals surface area (Å²) in [6, 6.07) is 1.99. The number of nitrogens with one attached hydrogen (secondary N) is 1. The molecule has 1 aromatic carbocycles. The Morgan fingerprint density at radius 1 is 1.18 bits per heavy atom. The normalized spacial score (nSPS) is 10.9. The minimum absolute atomic E-state index is 0.0111. The number of aryl methyl sites for hydroxylation is 1. The van der Waals surface area contributed by atoms with Crippen molar-refractivity contribution in [2.75, 3.05) is 11.9 Å². The SMILES string of the molecule is CCNc1nc2c(F)c(F)cc(F)c2cc1C. The lowest BCUT2D eigenvalue weighted by Gasteiger charge is -2.09. The standard InChI is InChI=1S/C12H11F3N2/c1-3-16-12-6(2)4-7-8(13)5-9(14)10(15)11(7)17-12/h4-5H,3H2,1-2H3,(H,16,17). The lowest BCUT2D eigenvalue weighted by atomic mass is 10.1. The lowest BCUT2D eigenvalue weighted by Crippen LogP contribution is -2.03. The maximum Gasteiger partial charge on any atom is 0.185 e. The number of hydrogen-bond donors (Lipinski definition) is 1. The molecule has 2 aromatic rings. The topological polar surface area (TPSA) is 24.9 Å². The van der Waals surface area contributed by atoms with Gasteiger partial charge in [0.05, 0.1) is 0 Å². The van der Waals surface area contributed by atoms with Crippen LogP contribution in [-0.2, 0) is 0 Å². The van der Waals surface area contributed by atoms with E-state index in [-0.39, 0.29) is 10.9 Å². The fraction of sp³-hybridized carbons (Fsp3) is 0.250. The Bertz CT molecular complexity index is 582. The molecule has 1 aromatic heterocycles. The number of aromatic nitrogens is 1. The Morgan fingerprint density at radius 3 is 2.53 bits per heavy atom. The number of fused-ring (bicyclic) bond motifs is 1. The molecular formula is C12H11F3N2. The Hall–Kier alpha value is -1.78. The van der Waals surface area contributed by atoms with E-state index in [0.717, 1.165) is 0 Å². The van der Waals surface area contributed by atoms with Crippen molar-refractivity contribution in [2.45, 2.75) is 13.8 Å². The zero-order valence-electron chi connectivity index (χ0n) is 9.44.